The molecule has 1 atom stereocenters. The van der Waals surface area contributed by atoms with Gasteiger partial charge < -0.3 is 9.47 Å². The van der Waals surface area contributed by atoms with Crippen LogP contribution in [0.5, 0.6) is 5.75 Å². The highest BCUT2D eigenvalue weighted by atomic mass is 19.4. The van der Waals surface area contributed by atoms with E-state index in [1.165, 1.54) is 24.3 Å². The summed E-state index contributed by atoms with van der Waals surface area (Å²) in [4.78, 5) is 12.0. The molecule has 1 saturated heterocycles. The normalized spacial score (nSPS) is 19.6. The maximum absolute atomic E-state index is 12.0. The average Bonchev–Trinajstić information content (AvgIpc) is 2.40. The van der Waals surface area contributed by atoms with Crippen molar-refractivity contribution in [2.45, 2.75) is 25.6 Å². The topological polar surface area (TPSA) is 35.5 Å². The highest BCUT2D eigenvalue weighted by Crippen LogP contribution is 2.23. The molecular weight excluding hydrogens is 273 g/mol. The van der Waals surface area contributed by atoms with Crippen molar-refractivity contribution in [2.75, 3.05) is 13.2 Å². The van der Waals surface area contributed by atoms with Gasteiger partial charge in [-0.3, -0.25) is 4.79 Å². The van der Waals surface area contributed by atoms with Crippen LogP contribution in [-0.2, 0) is 16.0 Å². The van der Waals surface area contributed by atoms with Crippen LogP contribution in [0.1, 0.15) is 18.4 Å². The maximum atomic E-state index is 12.0. The van der Waals surface area contributed by atoms with Crippen LogP contribution in [0.3, 0.4) is 0 Å². The number of hydrogen-bond donors (Lipinski definition) is 0. The fraction of sp³-hybridized carbons (Fsp3) is 0.500. The number of rotatable bonds is 4. The van der Waals surface area contributed by atoms with Crippen molar-refractivity contribution in [3.8, 4) is 5.75 Å². The minimum atomic E-state index is -4.70. The Kier molecular flexibility index (Phi) is 4.65. The molecule has 0 bridgehead atoms. The zero-order valence-electron chi connectivity index (χ0n) is 10.8. The molecule has 0 saturated carbocycles. The molecule has 0 spiro atoms. The van der Waals surface area contributed by atoms with E-state index in [0.29, 0.717) is 18.8 Å². The molecule has 0 aromatic heterocycles. The van der Waals surface area contributed by atoms with Gasteiger partial charge in [0.15, 0.2) is 0 Å². The Labute approximate surface area is 114 Å². The molecule has 0 amide bonds. The van der Waals surface area contributed by atoms with Gasteiger partial charge in [0.05, 0.1) is 6.61 Å². The van der Waals surface area contributed by atoms with Crippen molar-refractivity contribution in [3.05, 3.63) is 29.8 Å². The summed E-state index contributed by atoms with van der Waals surface area (Å²) in [6.45, 7) is 1.13. The van der Waals surface area contributed by atoms with Gasteiger partial charge >= 0.3 is 6.36 Å². The number of hydrogen-bond acceptors (Lipinski definition) is 3. The Morgan fingerprint density at radius 2 is 2.00 bits per heavy atom. The quantitative estimate of drug-likeness (QED) is 0.854. The molecule has 0 N–H and O–H groups in total. The van der Waals surface area contributed by atoms with Crippen LogP contribution >= 0.6 is 0 Å². The predicted octanol–water partition coefficient (Wildman–Crippen LogP) is 3.12. The fourth-order valence-electron chi connectivity index (χ4n) is 2.15. The summed E-state index contributed by atoms with van der Waals surface area (Å²) in [5, 5.41) is 0. The van der Waals surface area contributed by atoms with Gasteiger partial charge in [-0.25, -0.2) is 0 Å². The Hall–Kier alpha value is -1.56. The zero-order valence-corrected chi connectivity index (χ0v) is 10.8. The number of ketones is 1. The molecule has 1 aromatic carbocycles. The van der Waals surface area contributed by atoms with Crippen LogP contribution in [-0.4, -0.2) is 25.4 Å². The lowest BCUT2D eigenvalue weighted by Crippen LogP contribution is -2.26. The lowest BCUT2D eigenvalue weighted by Gasteiger charge is -2.20. The second kappa shape index (κ2) is 6.26. The lowest BCUT2D eigenvalue weighted by atomic mass is 9.93. The number of carbonyl (C=O) groups excluding carboxylic acids is 1. The summed E-state index contributed by atoms with van der Waals surface area (Å²) >= 11 is 0. The summed E-state index contributed by atoms with van der Waals surface area (Å²) < 4.78 is 45.0. The minimum absolute atomic E-state index is 0.0641. The Morgan fingerprint density at radius 1 is 1.30 bits per heavy atom. The molecule has 1 aromatic rings. The van der Waals surface area contributed by atoms with Gasteiger partial charge in [0.1, 0.15) is 11.5 Å². The Bertz CT molecular complexity index is 448. The van der Waals surface area contributed by atoms with Crippen molar-refractivity contribution in [1.82, 2.24) is 0 Å². The van der Waals surface area contributed by atoms with Gasteiger partial charge in [0, 0.05) is 18.9 Å². The summed E-state index contributed by atoms with van der Waals surface area (Å²) in [6, 6.07) is 5.38. The third kappa shape index (κ3) is 4.52. The molecule has 6 heteroatoms. The number of ether oxygens (including phenoxy) is 2. The van der Waals surface area contributed by atoms with Crippen LogP contribution in [0.25, 0.3) is 0 Å². The first-order chi connectivity index (χ1) is 9.44. The van der Waals surface area contributed by atoms with Crippen molar-refractivity contribution < 1.29 is 27.4 Å². The number of carbonyl (C=O) groups is 1. The third-order valence-electron chi connectivity index (χ3n) is 3.15. The number of alkyl halides is 3. The SMILES string of the molecule is O=C(Cc1ccc(OC(F)(F)F)cc1)C1CCCOC1. The number of halogens is 3. The third-order valence-corrected chi connectivity index (χ3v) is 3.15. The van der Waals surface area contributed by atoms with Crippen LogP contribution in [0.15, 0.2) is 24.3 Å². The maximum Gasteiger partial charge on any atom is 0.573 e. The van der Waals surface area contributed by atoms with Crippen molar-refractivity contribution >= 4 is 5.78 Å². The average molecular weight is 288 g/mol. The molecule has 1 fully saturated rings. The summed E-state index contributed by atoms with van der Waals surface area (Å²) in [7, 11) is 0. The second-order valence-electron chi connectivity index (χ2n) is 4.75. The van der Waals surface area contributed by atoms with Crippen molar-refractivity contribution in [3.63, 3.8) is 0 Å². The molecule has 1 aliphatic rings. The monoisotopic (exact) mass is 288 g/mol. The van der Waals surface area contributed by atoms with Gasteiger partial charge in [-0.1, -0.05) is 12.1 Å². The molecule has 110 valence electrons. The largest absolute Gasteiger partial charge is 0.573 e. The van der Waals surface area contributed by atoms with E-state index in [1.54, 1.807) is 0 Å². The lowest BCUT2D eigenvalue weighted by molar-refractivity contribution is -0.274. The highest BCUT2D eigenvalue weighted by Gasteiger charge is 2.31. The summed E-state index contributed by atoms with van der Waals surface area (Å²) in [6.07, 6.45) is -2.81. The van der Waals surface area contributed by atoms with Crippen LogP contribution in [0.4, 0.5) is 13.2 Å². The molecule has 0 radical (unpaired) electrons. The van der Waals surface area contributed by atoms with Gasteiger partial charge in [-0.2, -0.15) is 0 Å². The molecule has 1 heterocycles. The smallest absolute Gasteiger partial charge is 0.406 e. The number of benzene rings is 1. The Balaban J connectivity index is 1.91. The van der Waals surface area contributed by atoms with Crippen LogP contribution in [0, 0.1) is 5.92 Å². The van der Waals surface area contributed by atoms with E-state index in [4.69, 9.17) is 4.74 Å². The summed E-state index contributed by atoms with van der Waals surface area (Å²) in [5.41, 5.74) is 0.676. The second-order valence-corrected chi connectivity index (χ2v) is 4.75. The Morgan fingerprint density at radius 3 is 2.55 bits per heavy atom. The van der Waals surface area contributed by atoms with Crippen LogP contribution in [0.2, 0.25) is 0 Å². The first kappa shape index (κ1) is 14.8. The van der Waals surface area contributed by atoms with E-state index in [9.17, 15) is 18.0 Å². The predicted molar refractivity (Wildman–Crippen MR) is 65.4 cm³/mol. The van der Waals surface area contributed by atoms with Gasteiger partial charge in [-0.05, 0) is 30.5 Å². The zero-order chi connectivity index (χ0) is 14.6. The van der Waals surface area contributed by atoms with Gasteiger partial charge in [0.2, 0.25) is 0 Å². The van der Waals surface area contributed by atoms with Crippen molar-refractivity contribution in [2.24, 2.45) is 5.92 Å². The summed E-state index contributed by atoms with van der Waals surface area (Å²) in [5.74, 6) is -0.321. The molecule has 1 unspecified atom stereocenters. The molecule has 0 aliphatic carbocycles. The van der Waals surface area contributed by atoms with Crippen molar-refractivity contribution in [1.29, 1.82) is 0 Å². The molecular formula is C14H15F3O3. The number of Topliss-reactive ketones (excluding diaryl/α,β-unsaturated/α-hetero) is 1. The molecule has 3 nitrogen and oxygen atoms in total. The van der Waals surface area contributed by atoms with E-state index in [0.717, 1.165) is 12.8 Å². The minimum Gasteiger partial charge on any atom is -0.406 e. The van der Waals surface area contributed by atoms with E-state index >= 15 is 0 Å². The first-order valence-electron chi connectivity index (χ1n) is 6.39. The fourth-order valence-corrected chi connectivity index (χ4v) is 2.15. The van der Waals surface area contributed by atoms with Gasteiger partial charge in [-0.15, -0.1) is 13.2 Å². The molecule has 20 heavy (non-hydrogen) atoms. The van der Waals surface area contributed by atoms with E-state index in [2.05, 4.69) is 4.74 Å². The van der Waals surface area contributed by atoms with Gasteiger partial charge in [0.25, 0.3) is 0 Å². The first-order valence-corrected chi connectivity index (χ1v) is 6.39. The molecule has 2 rings (SSSR count). The molecule has 1 aliphatic heterocycles. The van der Waals surface area contributed by atoms with E-state index < -0.39 is 6.36 Å². The van der Waals surface area contributed by atoms with E-state index in [-0.39, 0.29) is 23.9 Å². The van der Waals surface area contributed by atoms with E-state index in [1.807, 2.05) is 0 Å². The van der Waals surface area contributed by atoms with Crippen LogP contribution < -0.4 is 4.74 Å². The highest BCUT2D eigenvalue weighted by molar-refractivity contribution is 5.83. The standard InChI is InChI=1S/C14H15F3O3/c15-14(16,17)20-12-5-3-10(4-6-12)8-13(18)11-2-1-7-19-9-11/h3-6,11H,1-2,7-9H2.